The summed E-state index contributed by atoms with van der Waals surface area (Å²) in [5.41, 5.74) is 0. The number of ether oxygens (including phenoxy) is 1. The van der Waals surface area contributed by atoms with E-state index in [0.717, 1.165) is 6.07 Å². The highest BCUT2D eigenvalue weighted by Crippen LogP contribution is 2.27. The molecule has 6 heteroatoms. The van der Waals surface area contributed by atoms with Crippen molar-refractivity contribution in [1.29, 1.82) is 0 Å². The van der Waals surface area contributed by atoms with E-state index in [1.165, 1.54) is 18.2 Å². The number of alkyl halides is 4. The molecule has 1 aromatic carbocycles. The van der Waals surface area contributed by atoms with Gasteiger partial charge in [0.2, 0.25) is 0 Å². The highest BCUT2D eigenvalue weighted by atomic mass is 79.9. The molecule has 0 heterocycles. The molecule has 0 saturated carbocycles. The predicted molar refractivity (Wildman–Crippen MR) is 50.7 cm³/mol. The zero-order valence-electron chi connectivity index (χ0n) is 7.39. The van der Waals surface area contributed by atoms with Crippen LogP contribution >= 0.6 is 15.9 Å². The van der Waals surface area contributed by atoms with Crippen LogP contribution < -0.4 is 4.74 Å². The van der Waals surface area contributed by atoms with Gasteiger partial charge in [-0.25, -0.2) is 4.39 Å². The number of hydrogen-bond donors (Lipinski definition) is 0. The molecule has 1 unspecified atom stereocenters. The standard InChI is InChI=1S/C9H7BrF4O/c10-8(9(12,13)14)5-15-7-4-2-1-3-6(7)11/h1-4,8H,5H2. The van der Waals surface area contributed by atoms with E-state index in [0.29, 0.717) is 0 Å². The van der Waals surface area contributed by atoms with Gasteiger partial charge in [0, 0.05) is 0 Å². The minimum Gasteiger partial charge on any atom is -0.489 e. The number of benzene rings is 1. The van der Waals surface area contributed by atoms with E-state index in [9.17, 15) is 17.6 Å². The van der Waals surface area contributed by atoms with Gasteiger partial charge in [-0.3, -0.25) is 0 Å². The second-order valence-electron chi connectivity index (χ2n) is 2.75. The molecule has 0 aliphatic heterocycles. The third-order valence-corrected chi connectivity index (χ3v) is 2.36. The van der Waals surface area contributed by atoms with Crippen LogP contribution in [0.2, 0.25) is 0 Å². The van der Waals surface area contributed by atoms with Gasteiger partial charge < -0.3 is 4.74 Å². The average molecular weight is 287 g/mol. The lowest BCUT2D eigenvalue weighted by Gasteiger charge is -2.14. The molecule has 0 spiro atoms. The number of para-hydroxylation sites is 1. The monoisotopic (exact) mass is 286 g/mol. The Morgan fingerprint density at radius 2 is 1.87 bits per heavy atom. The lowest BCUT2D eigenvalue weighted by Crippen LogP contribution is -2.29. The highest BCUT2D eigenvalue weighted by molar-refractivity contribution is 9.09. The summed E-state index contributed by atoms with van der Waals surface area (Å²) < 4.78 is 53.7. The number of halogens is 5. The molecular weight excluding hydrogens is 280 g/mol. The van der Waals surface area contributed by atoms with Crippen molar-refractivity contribution in [2.24, 2.45) is 0 Å². The summed E-state index contributed by atoms with van der Waals surface area (Å²) in [6.45, 7) is -0.662. The van der Waals surface area contributed by atoms with Gasteiger partial charge >= 0.3 is 6.18 Å². The lowest BCUT2D eigenvalue weighted by atomic mass is 10.3. The number of rotatable bonds is 3. The fourth-order valence-corrected chi connectivity index (χ4v) is 0.951. The molecule has 0 radical (unpaired) electrons. The van der Waals surface area contributed by atoms with E-state index in [2.05, 4.69) is 20.7 Å². The van der Waals surface area contributed by atoms with E-state index in [1.54, 1.807) is 0 Å². The first-order valence-corrected chi connectivity index (χ1v) is 4.91. The van der Waals surface area contributed by atoms with Crippen LogP contribution in [0.3, 0.4) is 0 Å². The summed E-state index contributed by atoms with van der Waals surface area (Å²) in [6.07, 6.45) is -4.40. The summed E-state index contributed by atoms with van der Waals surface area (Å²) in [7, 11) is 0. The molecule has 0 N–H and O–H groups in total. The fourth-order valence-electron chi connectivity index (χ4n) is 0.819. The maximum absolute atomic E-state index is 12.9. The Kier molecular flexibility index (Phi) is 3.96. The normalized spacial score (nSPS) is 13.7. The van der Waals surface area contributed by atoms with Crippen molar-refractivity contribution in [2.45, 2.75) is 11.0 Å². The Hall–Kier alpha value is -0.780. The molecule has 0 aromatic heterocycles. The Morgan fingerprint density at radius 1 is 1.27 bits per heavy atom. The van der Waals surface area contributed by atoms with Crippen LogP contribution in [0.15, 0.2) is 24.3 Å². The van der Waals surface area contributed by atoms with Gasteiger partial charge in [-0.2, -0.15) is 13.2 Å². The molecule has 0 aliphatic carbocycles. The second-order valence-corrected chi connectivity index (χ2v) is 3.86. The maximum atomic E-state index is 12.9. The van der Waals surface area contributed by atoms with Crippen molar-refractivity contribution in [3.05, 3.63) is 30.1 Å². The zero-order valence-corrected chi connectivity index (χ0v) is 8.98. The first kappa shape index (κ1) is 12.3. The fraction of sp³-hybridized carbons (Fsp3) is 0.333. The van der Waals surface area contributed by atoms with Crippen LogP contribution in [-0.2, 0) is 0 Å². The minimum atomic E-state index is -4.40. The van der Waals surface area contributed by atoms with E-state index < -0.39 is 23.4 Å². The summed E-state index contributed by atoms with van der Waals surface area (Å²) in [6, 6.07) is 5.30. The molecule has 15 heavy (non-hydrogen) atoms. The summed E-state index contributed by atoms with van der Waals surface area (Å²) >= 11 is 2.41. The molecule has 0 amide bonds. The molecule has 1 nitrogen and oxygen atoms in total. The lowest BCUT2D eigenvalue weighted by molar-refractivity contribution is -0.132. The van der Waals surface area contributed by atoms with Crippen molar-refractivity contribution in [2.75, 3.05) is 6.61 Å². The van der Waals surface area contributed by atoms with Gasteiger partial charge in [-0.15, -0.1) is 0 Å². The maximum Gasteiger partial charge on any atom is 0.404 e. The first-order chi connectivity index (χ1) is 6.91. The van der Waals surface area contributed by atoms with E-state index in [-0.39, 0.29) is 5.75 Å². The van der Waals surface area contributed by atoms with Crippen molar-refractivity contribution in [3.63, 3.8) is 0 Å². The molecule has 0 saturated heterocycles. The van der Waals surface area contributed by atoms with Crippen molar-refractivity contribution in [3.8, 4) is 5.75 Å². The van der Waals surface area contributed by atoms with Gasteiger partial charge in [0.1, 0.15) is 11.4 Å². The van der Waals surface area contributed by atoms with Crippen LogP contribution in [0.4, 0.5) is 17.6 Å². The summed E-state index contributed by atoms with van der Waals surface area (Å²) in [5.74, 6) is -0.870. The molecule has 0 bridgehead atoms. The Bertz CT molecular complexity index is 326. The molecule has 84 valence electrons. The summed E-state index contributed by atoms with van der Waals surface area (Å²) in [5, 5.41) is 0. The summed E-state index contributed by atoms with van der Waals surface area (Å²) in [4.78, 5) is -1.80. The smallest absolute Gasteiger partial charge is 0.404 e. The van der Waals surface area contributed by atoms with Crippen molar-refractivity contribution >= 4 is 15.9 Å². The van der Waals surface area contributed by atoms with Crippen LogP contribution in [0, 0.1) is 5.82 Å². The average Bonchev–Trinajstić information content (AvgIpc) is 2.14. The minimum absolute atomic E-state index is 0.189. The third-order valence-electron chi connectivity index (χ3n) is 1.58. The molecule has 0 aliphatic rings. The van der Waals surface area contributed by atoms with E-state index >= 15 is 0 Å². The molecule has 1 rings (SSSR count). The highest BCUT2D eigenvalue weighted by Gasteiger charge is 2.38. The third kappa shape index (κ3) is 3.70. The van der Waals surface area contributed by atoms with Crippen molar-refractivity contribution < 1.29 is 22.3 Å². The first-order valence-electron chi connectivity index (χ1n) is 3.99. The van der Waals surface area contributed by atoms with Gasteiger partial charge in [0.15, 0.2) is 11.6 Å². The van der Waals surface area contributed by atoms with Crippen LogP contribution in [0.25, 0.3) is 0 Å². The predicted octanol–water partition coefficient (Wildman–Crippen LogP) is 3.53. The Morgan fingerprint density at radius 3 is 2.40 bits per heavy atom. The largest absolute Gasteiger partial charge is 0.489 e. The molecule has 1 aromatic rings. The SMILES string of the molecule is Fc1ccccc1OCC(Br)C(F)(F)F. The topological polar surface area (TPSA) is 9.23 Å². The van der Waals surface area contributed by atoms with Crippen molar-refractivity contribution in [1.82, 2.24) is 0 Å². The number of hydrogen-bond acceptors (Lipinski definition) is 1. The Balaban J connectivity index is 2.55. The van der Waals surface area contributed by atoms with Gasteiger partial charge in [-0.05, 0) is 12.1 Å². The van der Waals surface area contributed by atoms with Gasteiger partial charge in [-0.1, -0.05) is 28.1 Å². The van der Waals surface area contributed by atoms with E-state index in [4.69, 9.17) is 0 Å². The quantitative estimate of drug-likeness (QED) is 0.610. The van der Waals surface area contributed by atoms with Gasteiger partial charge in [0.25, 0.3) is 0 Å². The molecular formula is C9H7BrF4O. The van der Waals surface area contributed by atoms with Crippen LogP contribution in [0.1, 0.15) is 0 Å². The van der Waals surface area contributed by atoms with Crippen LogP contribution in [-0.4, -0.2) is 17.6 Å². The Labute approximate surface area is 92.2 Å². The van der Waals surface area contributed by atoms with E-state index in [1.807, 2.05) is 0 Å². The second kappa shape index (κ2) is 4.83. The van der Waals surface area contributed by atoms with Crippen LogP contribution in [0.5, 0.6) is 5.75 Å². The van der Waals surface area contributed by atoms with Gasteiger partial charge in [0.05, 0.1) is 0 Å². The molecule has 1 atom stereocenters. The molecule has 0 fully saturated rings. The zero-order chi connectivity index (χ0) is 11.5.